The number of furan rings is 1. The van der Waals surface area contributed by atoms with E-state index in [4.69, 9.17) is 4.42 Å². The summed E-state index contributed by atoms with van der Waals surface area (Å²) >= 11 is 0. The second kappa shape index (κ2) is 11.4. The van der Waals surface area contributed by atoms with Gasteiger partial charge < -0.3 is 14.6 Å². The molecule has 2 heterocycles. The van der Waals surface area contributed by atoms with Crippen LogP contribution in [-0.2, 0) is 22.6 Å². The summed E-state index contributed by atoms with van der Waals surface area (Å²) in [6.07, 6.45) is 0.511. The predicted molar refractivity (Wildman–Crippen MR) is 139 cm³/mol. The quantitative estimate of drug-likeness (QED) is 0.358. The fourth-order valence-electron chi connectivity index (χ4n) is 4.03. The van der Waals surface area contributed by atoms with Gasteiger partial charge >= 0.3 is 0 Å². The SMILES string of the molecule is Cc1ccc([C@H](C(=O)NC(C)(C)C)N(CCc2ccccc2)C(=O)Cn2nnc(-c3ccccc3F)n2)o1. The van der Waals surface area contributed by atoms with Gasteiger partial charge in [-0.05, 0) is 69.2 Å². The molecule has 0 bridgehead atoms. The molecule has 9 nitrogen and oxygen atoms in total. The van der Waals surface area contributed by atoms with Crippen molar-refractivity contribution in [3.8, 4) is 11.4 Å². The van der Waals surface area contributed by atoms with Crippen LogP contribution in [0.2, 0.25) is 0 Å². The minimum absolute atomic E-state index is 0.0652. The van der Waals surface area contributed by atoms with Crippen molar-refractivity contribution in [1.82, 2.24) is 30.4 Å². The third-order valence-electron chi connectivity index (χ3n) is 5.74. The Bertz CT molecular complexity index is 1390. The molecular weight excluding hydrogens is 487 g/mol. The summed E-state index contributed by atoms with van der Waals surface area (Å²) in [4.78, 5) is 29.9. The van der Waals surface area contributed by atoms with Crippen molar-refractivity contribution < 1.29 is 18.4 Å². The molecule has 0 aliphatic carbocycles. The molecule has 0 aliphatic heterocycles. The molecule has 0 radical (unpaired) electrons. The van der Waals surface area contributed by atoms with Crippen LogP contribution in [-0.4, -0.2) is 49.0 Å². The normalized spacial score (nSPS) is 12.2. The number of hydrogen-bond acceptors (Lipinski definition) is 6. The number of carbonyl (C=O) groups excluding carboxylic acids is 2. The maximum absolute atomic E-state index is 14.2. The second-order valence-corrected chi connectivity index (χ2v) is 10.0. The predicted octanol–water partition coefficient (Wildman–Crippen LogP) is 4.11. The fraction of sp³-hybridized carbons (Fsp3) is 0.321. The lowest BCUT2D eigenvalue weighted by atomic mass is 10.1. The highest BCUT2D eigenvalue weighted by atomic mass is 19.1. The Labute approximate surface area is 220 Å². The van der Waals surface area contributed by atoms with Gasteiger partial charge in [0.25, 0.3) is 5.91 Å². The van der Waals surface area contributed by atoms with Gasteiger partial charge in [-0.3, -0.25) is 9.59 Å². The molecule has 0 fully saturated rings. The van der Waals surface area contributed by atoms with Crippen molar-refractivity contribution in [2.24, 2.45) is 0 Å². The number of halogens is 1. The van der Waals surface area contributed by atoms with Crippen molar-refractivity contribution >= 4 is 11.8 Å². The van der Waals surface area contributed by atoms with Crippen molar-refractivity contribution in [2.45, 2.75) is 52.2 Å². The minimum atomic E-state index is -1.02. The summed E-state index contributed by atoms with van der Waals surface area (Å²) in [5, 5.41) is 15.0. The van der Waals surface area contributed by atoms with Gasteiger partial charge in [-0.15, -0.1) is 10.2 Å². The molecule has 2 aromatic heterocycles. The number of rotatable bonds is 9. The lowest BCUT2D eigenvalue weighted by molar-refractivity contribution is -0.143. The molecule has 2 aromatic carbocycles. The molecule has 0 saturated carbocycles. The number of aryl methyl sites for hydroxylation is 1. The van der Waals surface area contributed by atoms with Crippen molar-refractivity contribution in [1.29, 1.82) is 0 Å². The van der Waals surface area contributed by atoms with Gasteiger partial charge in [0.2, 0.25) is 11.7 Å². The Morgan fingerprint density at radius 2 is 1.76 bits per heavy atom. The van der Waals surface area contributed by atoms with E-state index in [1.165, 1.54) is 17.0 Å². The summed E-state index contributed by atoms with van der Waals surface area (Å²) in [5.41, 5.74) is 0.657. The first-order chi connectivity index (χ1) is 18.1. The summed E-state index contributed by atoms with van der Waals surface area (Å²) in [5.74, 6) is -0.237. The van der Waals surface area contributed by atoms with Gasteiger partial charge in [0.1, 0.15) is 23.9 Å². The van der Waals surface area contributed by atoms with Crippen molar-refractivity contribution in [3.05, 3.63) is 89.6 Å². The zero-order valence-electron chi connectivity index (χ0n) is 21.9. The molecule has 1 atom stereocenters. The molecular formula is C28H31FN6O3. The van der Waals surface area contributed by atoms with E-state index in [0.29, 0.717) is 17.9 Å². The topological polar surface area (TPSA) is 106 Å². The Kier molecular flexibility index (Phi) is 7.99. The molecule has 0 spiro atoms. The van der Waals surface area contributed by atoms with Gasteiger partial charge in [0.15, 0.2) is 6.04 Å². The maximum Gasteiger partial charge on any atom is 0.251 e. The van der Waals surface area contributed by atoms with Gasteiger partial charge in [-0.25, -0.2) is 4.39 Å². The number of tetrazole rings is 1. The first-order valence-electron chi connectivity index (χ1n) is 12.4. The van der Waals surface area contributed by atoms with Crippen LogP contribution in [0.5, 0.6) is 0 Å². The highest BCUT2D eigenvalue weighted by molar-refractivity contribution is 5.88. The smallest absolute Gasteiger partial charge is 0.251 e. The van der Waals surface area contributed by atoms with Crippen molar-refractivity contribution in [2.75, 3.05) is 6.54 Å². The van der Waals surface area contributed by atoms with Crippen LogP contribution >= 0.6 is 0 Å². The lowest BCUT2D eigenvalue weighted by Gasteiger charge is -2.32. The summed E-state index contributed by atoms with van der Waals surface area (Å²) in [7, 11) is 0. The Balaban J connectivity index is 1.65. The van der Waals surface area contributed by atoms with Crippen LogP contribution < -0.4 is 5.32 Å². The number of aromatic nitrogens is 4. The van der Waals surface area contributed by atoms with E-state index in [2.05, 4.69) is 20.7 Å². The molecule has 0 saturated heterocycles. The molecule has 4 rings (SSSR count). The van der Waals surface area contributed by atoms with Crippen LogP contribution in [0.3, 0.4) is 0 Å². The van der Waals surface area contributed by atoms with E-state index in [-0.39, 0.29) is 30.4 Å². The van der Waals surface area contributed by atoms with E-state index < -0.39 is 23.3 Å². The Morgan fingerprint density at radius 1 is 1.05 bits per heavy atom. The first kappa shape index (κ1) is 26.7. The average molecular weight is 519 g/mol. The standard InChI is InChI=1S/C28H31FN6O3/c1-19-14-15-23(38-19)25(27(37)30-28(2,3)4)34(17-16-20-10-6-5-7-11-20)24(36)18-35-32-26(31-33-35)21-12-8-9-13-22(21)29/h5-15,25H,16-18H2,1-4H3,(H,30,37)/t25-/m1/s1. The van der Waals surface area contributed by atoms with Gasteiger partial charge in [-0.1, -0.05) is 42.5 Å². The molecule has 0 aliphatic rings. The maximum atomic E-state index is 14.2. The van der Waals surface area contributed by atoms with Crippen LogP contribution in [0, 0.1) is 12.7 Å². The lowest BCUT2D eigenvalue weighted by Crippen LogP contribution is -2.50. The molecule has 0 unspecified atom stereocenters. The molecule has 198 valence electrons. The summed E-state index contributed by atoms with van der Waals surface area (Å²) in [6.45, 7) is 7.33. The fourth-order valence-corrected chi connectivity index (χ4v) is 4.03. The third kappa shape index (κ3) is 6.70. The number of amides is 2. The number of hydrogen-bond donors (Lipinski definition) is 1. The number of carbonyl (C=O) groups is 2. The van der Waals surface area contributed by atoms with E-state index in [9.17, 15) is 14.0 Å². The first-order valence-corrected chi connectivity index (χ1v) is 12.4. The minimum Gasteiger partial charge on any atom is -0.464 e. The highest BCUT2D eigenvalue weighted by Crippen LogP contribution is 2.26. The van der Waals surface area contributed by atoms with E-state index in [1.54, 1.807) is 31.2 Å². The highest BCUT2D eigenvalue weighted by Gasteiger charge is 2.35. The second-order valence-electron chi connectivity index (χ2n) is 10.0. The number of nitrogens with zero attached hydrogens (tertiary/aromatic N) is 5. The Morgan fingerprint density at radius 3 is 2.42 bits per heavy atom. The van der Waals surface area contributed by atoms with E-state index >= 15 is 0 Å². The van der Waals surface area contributed by atoms with Crippen LogP contribution in [0.25, 0.3) is 11.4 Å². The van der Waals surface area contributed by atoms with Crippen LogP contribution in [0.1, 0.15) is 43.9 Å². The van der Waals surface area contributed by atoms with Gasteiger partial charge in [0.05, 0.1) is 5.56 Å². The Hall–Kier alpha value is -4.34. The monoisotopic (exact) mass is 518 g/mol. The van der Waals surface area contributed by atoms with Crippen LogP contribution in [0.4, 0.5) is 4.39 Å². The van der Waals surface area contributed by atoms with Gasteiger partial charge in [-0.2, -0.15) is 4.80 Å². The molecule has 4 aromatic rings. The molecule has 10 heteroatoms. The van der Waals surface area contributed by atoms with E-state index in [1.807, 2.05) is 51.1 Å². The molecule has 38 heavy (non-hydrogen) atoms. The summed E-state index contributed by atoms with van der Waals surface area (Å²) < 4.78 is 20.1. The molecule has 2 amide bonds. The zero-order chi connectivity index (χ0) is 27.3. The van der Waals surface area contributed by atoms with E-state index in [0.717, 1.165) is 10.4 Å². The average Bonchev–Trinajstić information content (AvgIpc) is 3.50. The zero-order valence-corrected chi connectivity index (χ0v) is 21.9. The van der Waals surface area contributed by atoms with Crippen LogP contribution in [0.15, 0.2) is 71.1 Å². The van der Waals surface area contributed by atoms with Crippen molar-refractivity contribution in [3.63, 3.8) is 0 Å². The third-order valence-corrected chi connectivity index (χ3v) is 5.74. The largest absolute Gasteiger partial charge is 0.464 e. The molecule has 1 N–H and O–H groups in total. The number of benzene rings is 2. The number of nitrogens with one attached hydrogen (secondary N) is 1. The summed E-state index contributed by atoms with van der Waals surface area (Å²) in [6, 6.07) is 18.2. The van der Waals surface area contributed by atoms with Gasteiger partial charge in [0, 0.05) is 12.1 Å².